The largest absolute Gasteiger partial charge is 0.573 e. The second-order valence-corrected chi connectivity index (χ2v) is 3.33. The maximum absolute atomic E-state index is 12.2. The summed E-state index contributed by atoms with van der Waals surface area (Å²) in [4.78, 5) is 23.7. The highest BCUT2D eigenvalue weighted by Gasteiger charge is 2.36. The number of rotatable bonds is 5. The van der Waals surface area contributed by atoms with Gasteiger partial charge in [0.05, 0.1) is 30.2 Å². The first kappa shape index (κ1) is 15.5. The van der Waals surface area contributed by atoms with Crippen molar-refractivity contribution < 1.29 is 37.5 Å². The van der Waals surface area contributed by atoms with Crippen molar-refractivity contribution in [1.82, 2.24) is 4.98 Å². The molecule has 0 radical (unpaired) electrons. The number of carboxylic acid groups (broad SMARTS) is 1. The van der Waals surface area contributed by atoms with Crippen molar-refractivity contribution in [3.05, 3.63) is 21.9 Å². The Morgan fingerprint density at radius 2 is 2.15 bits per heavy atom. The van der Waals surface area contributed by atoms with Crippen molar-refractivity contribution in [2.45, 2.75) is 12.8 Å². The Morgan fingerprint density at radius 3 is 2.55 bits per heavy atom. The van der Waals surface area contributed by atoms with Crippen LogP contribution in [0.1, 0.15) is 5.56 Å². The molecule has 0 aliphatic rings. The third kappa shape index (κ3) is 3.70. The van der Waals surface area contributed by atoms with Gasteiger partial charge in [0.25, 0.3) is 5.88 Å². The minimum Gasteiger partial charge on any atom is -0.481 e. The Morgan fingerprint density at radius 1 is 1.55 bits per heavy atom. The Hall–Kier alpha value is -2.59. The molecular formula is C9H7F3N2O6. The van der Waals surface area contributed by atoms with Gasteiger partial charge in [-0.2, -0.15) is 0 Å². The number of methoxy groups -OCH3 is 1. The van der Waals surface area contributed by atoms with Gasteiger partial charge in [-0.15, -0.1) is 13.2 Å². The van der Waals surface area contributed by atoms with Crippen molar-refractivity contribution in [3.8, 4) is 11.6 Å². The van der Waals surface area contributed by atoms with Gasteiger partial charge in [-0.05, 0) is 0 Å². The number of halogens is 3. The molecule has 0 aromatic carbocycles. The van der Waals surface area contributed by atoms with Crippen LogP contribution in [-0.4, -0.2) is 34.5 Å². The van der Waals surface area contributed by atoms with Crippen molar-refractivity contribution in [1.29, 1.82) is 0 Å². The lowest BCUT2D eigenvalue weighted by molar-refractivity contribution is -0.387. The molecule has 1 aromatic heterocycles. The molecule has 0 fully saturated rings. The number of hydrogen-bond acceptors (Lipinski definition) is 6. The number of ether oxygens (including phenoxy) is 2. The van der Waals surface area contributed by atoms with Crippen molar-refractivity contribution in [2.75, 3.05) is 7.11 Å². The van der Waals surface area contributed by atoms with Gasteiger partial charge in [-0.25, -0.2) is 4.98 Å². The molecule has 0 unspecified atom stereocenters. The molecule has 11 heteroatoms. The lowest BCUT2D eigenvalue weighted by Crippen LogP contribution is -2.19. The molecule has 110 valence electrons. The SMILES string of the molecule is COc1ncc(OC(F)(F)F)c(CC(=O)O)c1[N+](=O)[O-]. The Kier molecular flexibility index (Phi) is 4.32. The summed E-state index contributed by atoms with van der Waals surface area (Å²) < 4.78 is 44.6. The lowest BCUT2D eigenvalue weighted by atomic mass is 10.1. The van der Waals surface area contributed by atoms with Gasteiger partial charge in [0.15, 0.2) is 5.75 Å². The average Bonchev–Trinajstić information content (AvgIpc) is 2.28. The van der Waals surface area contributed by atoms with E-state index in [0.29, 0.717) is 6.20 Å². The lowest BCUT2D eigenvalue weighted by Gasteiger charge is -2.13. The van der Waals surface area contributed by atoms with Gasteiger partial charge in [0.1, 0.15) is 0 Å². The minimum absolute atomic E-state index is 0.512. The molecule has 0 spiro atoms. The van der Waals surface area contributed by atoms with E-state index in [1.165, 1.54) is 0 Å². The number of alkyl halides is 3. The molecule has 1 aromatic rings. The molecule has 0 aliphatic heterocycles. The van der Waals surface area contributed by atoms with Gasteiger partial charge in [0, 0.05) is 0 Å². The predicted molar refractivity (Wildman–Crippen MR) is 55.5 cm³/mol. The maximum Gasteiger partial charge on any atom is 0.573 e. The van der Waals surface area contributed by atoms with Crippen LogP contribution in [0.3, 0.4) is 0 Å². The molecule has 20 heavy (non-hydrogen) atoms. The number of nitrogens with zero attached hydrogens (tertiary/aromatic N) is 2. The topological polar surface area (TPSA) is 112 Å². The van der Waals surface area contributed by atoms with Crippen LogP contribution < -0.4 is 9.47 Å². The molecule has 1 N–H and O–H groups in total. The summed E-state index contributed by atoms with van der Waals surface area (Å²) >= 11 is 0. The second kappa shape index (κ2) is 5.59. The van der Waals surface area contributed by atoms with Gasteiger partial charge in [0.2, 0.25) is 0 Å². The third-order valence-electron chi connectivity index (χ3n) is 2.01. The quantitative estimate of drug-likeness (QED) is 0.647. The summed E-state index contributed by atoms with van der Waals surface area (Å²) in [5.74, 6) is -3.25. The normalized spacial score (nSPS) is 11.0. The van der Waals surface area contributed by atoms with Crippen LogP contribution >= 0.6 is 0 Å². The number of carboxylic acids is 1. The maximum atomic E-state index is 12.2. The third-order valence-corrected chi connectivity index (χ3v) is 2.01. The van der Waals surface area contributed by atoms with E-state index < -0.39 is 46.6 Å². The van der Waals surface area contributed by atoms with E-state index in [1.807, 2.05) is 0 Å². The van der Waals surface area contributed by atoms with E-state index >= 15 is 0 Å². The van der Waals surface area contributed by atoms with Gasteiger partial charge < -0.3 is 14.6 Å². The van der Waals surface area contributed by atoms with E-state index in [0.717, 1.165) is 7.11 Å². The fraction of sp³-hybridized carbons (Fsp3) is 0.333. The summed E-state index contributed by atoms with van der Waals surface area (Å²) in [7, 11) is 1.00. The number of aliphatic carboxylic acids is 1. The van der Waals surface area contributed by atoms with Crippen LogP contribution in [0.2, 0.25) is 0 Å². The average molecular weight is 296 g/mol. The highest BCUT2D eigenvalue weighted by Crippen LogP contribution is 2.37. The molecule has 0 amide bonds. The van der Waals surface area contributed by atoms with E-state index in [2.05, 4.69) is 14.5 Å². The first-order valence-electron chi connectivity index (χ1n) is 4.83. The molecule has 1 rings (SSSR count). The van der Waals surface area contributed by atoms with Crippen LogP contribution in [0.5, 0.6) is 11.6 Å². The number of aromatic nitrogens is 1. The predicted octanol–water partition coefficient (Wildman–Crippen LogP) is 1.52. The van der Waals surface area contributed by atoms with Crippen LogP contribution in [0.25, 0.3) is 0 Å². The molecule has 0 aliphatic carbocycles. The van der Waals surface area contributed by atoms with Gasteiger partial charge in [-0.1, -0.05) is 0 Å². The summed E-state index contributed by atoms with van der Waals surface area (Å²) in [6.45, 7) is 0. The monoisotopic (exact) mass is 296 g/mol. The summed E-state index contributed by atoms with van der Waals surface area (Å²) in [5, 5.41) is 19.5. The molecule has 0 saturated heterocycles. The number of hydrogen-bond donors (Lipinski definition) is 1. The summed E-state index contributed by atoms with van der Waals surface area (Å²) in [6, 6.07) is 0. The van der Waals surface area contributed by atoms with Crippen LogP contribution in [0.15, 0.2) is 6.20 Å². The Labute approximate surface area is 108 Å². The van der Waals surface area contributed by atoms with Crippen molar-refractivity contribution >= 4 is 11.7 Å². The van der Waals surface area contributed by atoms with Gasteiger partial charge in [-0.3, -0.25) is 14.9 Å². The molecule has 1 heterocycles. The zero-order chi connectivity index (χ0) is 15.5. The molecule has 0 atom stereocenters. The summed E-state index contributed by atoms with van der Waals surface area (Å²) in [5.41, 5.74) is -1.77. The first-order chi connectivity index (χ1) is 9.15. The first-order valence-corrected chi connectivity index (χ1v) is 4.83. The Bertz CT molecular complexity index is 545. The van der Waals surface area contributed by atoms with Crippen molar-refractivity contribution in [3.63, 3.8) is 0 Å². The van der Waals surface area contributed by atoms with Crippen LogP contribution in [0.4, 0.5) is 18.9 Å². The molecule has 0 bridgehead atoms. The highest BCUT2D eigenvalue weighted by molar-refractivity contribution is 5.74. The summed E-state index contributed by atoms with van der Waals surface area (Å²) in [6.07, 6.45) is -5.68. The van der Waals surface area contributed by atoms with E-state index in [4.69, 9.17) is 5.11 Å². The Balaban J connectivity index is 3.48. The fourth-order valence-corrected chi connectivity index (χ4v) is 1.37. The zero-order valence-electron chi connectivity index (χ0n) is 9.80. The van der Waals surface area contributed by atoms with E-state index in [9.17, 15) is 28.1 Å². The number of pyridine rings is 1. The molecule has 0 saturated carbocycles. The number of carbonyl (C=O) groups is 1. The highest BCUT2D eigenvalue weighted by atomic mass is 19.4. The van der Waals surface area contributed by atoms with E-state index in [-0.39, 0.29) is 0 Å². The molecule has 8 nitrogen and oxygen atoms in total. The van der Waals surface area contributed by atoms with Crippen LogP contribution in [-0.2, 0) is 11.2 Å². The van der Waals surface area contributed by atoms with E-state index in [1.54, 1.807) is 0 Å². The smallest absolute Gasteiger partial charge is 0.481 e. The standard InChI is InChI=1S/C9H7F3N2O6/c1-19-8-7(14(17)18)4(2-6(15)16)5(3-13-8)20-9(10,11)12/h3H,2H2,1H3,(H,15,16). The van der Waals surface area contributed by atoms with Crippen molar-refractivity contribution in [2.24, 2.45) is 0 Å². The van der Waals surface area contributed by atoms with Crippen LogP contribution in [0, 0.1) is 10.1 Å². The minimum atomic E-state index is -5.14. The second-order valence-electron chi connectivity index (χ2n) is 3.33. The molecular weight excluding hydrogens is 289 g/mol. The number of nitro groups is 1. The zero-order valence-corrected chi connectivity index (χ0v) is 9.80. The van der Waals surface area contributed by atoms with Gasteiger partial charge >= 0.3 is 18.0 Å². The fourth-order valence-electron chi connectivity index (χ4n) is 1.37.